The maximum Gasteiger partial charge on any atom is 0.321 e. The standard InChI is InChI=1S/C20H21ClN4O2/c1-26-20-24-23-19(25(20)16-9-7-15(21)8-10-16)14-5-11-17(12-6-14)27-18-4-2-3-13-22-18/h2-4,7-10,13-14,17H,5-6,11-12H2,1H3/t14-,17-. The first-order valence-corrected chi connectivity index (χ1v) is 9.45. The van der Waals surface area contributed by atoms with Crippen molar-refractivity contribution in [2.75, 3.05) is 7.11 Å². The Labute approximate surface area is 163 Å². The van der Waals surface area contributed by atoms with Crippen LogP contribution in [0, 0.1) is 0 Å². The van der Waals surface area contributed by atoms with E-state index in [-0.39, 0.29) is 6.10 Å². The molecule has 1 aliphatic carbocycles. The van der Waals surface area contributed by atoms with Crippen LogP contribution >= 0.6 is 11.6 Å². The van der Waals surface area contributed by atoms with Gasteiger partial charge >= 0.3 is 6.01 Å². The number of halogens is 1. The van der Waals surface area contributed by atoms with Gasteiger partial charge in [-0.2, -0.15) is 0 Å². The van der Waals surface area contributed by atoms with E-state index in [9.17, 15) is 0 Å². The summed E-state index contributed by atoms with van der Waals surface area (Å²) in [4.78, 5) is 4.25. The summed E-state index contributed by atoms with van der Waals surface area (Å²) < 4.78 is 13.4. The van der Waals surface area contributed by atoms with Crippen LogP contribution in [-0.4, -0.2) is 33.0 Å². The van der Waals surface area contributed by atoms with Crippen molar-refractivity contribution in [2.24, 2.45) is 0 Å². The van der Waals surface area contributed by atoms with E-state index in [4.69, 9.17) is 21.1 Å². The third-order valence-corrected chi connectivity index (χ3v) is 5.14. The number of hydrogen-bond donors (Lipinski definition) is 0. The molecule has 2 heterocycles. The number of nitrogens with zero attached hydrogens (tertiary/aromatic N) is 4. The highest BCUT2D eigenvalue weighted by atomic mass is 35.5. The van der Waals surface area contributed by atoms with E-state index >= 15 is 0 Å². The summed E-state index contributed by atoms with van der Waals surface area (Å²) in [5.74, 6) is 1.91. The maximum atomic E-state index is 6.03. The predicted octanol–water partition coefficient (Wildman–Crippen LogP) is 4.43. The van der Waals surface area contributed by atoms with Gasteiger partial charge in [0.1, 0.15) is 11.9 Å². The summed E-state index contributed by atoms with van der Waals surface area (Å²) in [6.07, 6.45) is 5.81. The molecule has 1 aromatic carbocycles. The Hall–Kier alpha value is -2.60. The van der Waals surface area contributed by atoms with Crippen molar-refractivity contribution in [2.45, 2.75) is 37.7 Å². The lowest BCUT2D eigenvalue weighted by molar-refractivity contribution is 0.139. The van der Waals surface area contributed by atoms with Crippen LogP contribution in [0.4, 0.5) is 0 Å². The number of rotatable bonds is 5. The van der Waals surface area contributed by atoms with Gasteiger partial charge in [-0.1, -0.05) is 22.8 Å². The molecule has 1 fully saturated rings. The van der Waals surface area contributed by atoms with Crippen LogP contribution < -0.4 is 9.47 Å². The highest BCUT2D eigenvalue weighted by molar-refractivity contribution is 6.30. The van der Waals surface area contributed by atoms with Crippen LogP contribution in [0.5, 0.6) is 11.9 Å². The summed E-state index contributed by atoms with van der Waals surface area (Å²) in [6, 6.07) is 13.8. The van der Waals surface area contributed by atoms with Gasteiger partial charge in [0, 0.05) is 23.2 Å². The van der Waals surface area contributed by atoms with Gasteiger partial charge in [0.05, 0.1) is 12.8 Å². The van der Waals surface area contributed by atoms with Gasteiger partial charge < -0.3 is 9.47 Å². The van der Waals surface area contributed by atoms with Crippen molar-refractivity contribution < 1.29 is 9.47 Å². The molecule has 4 rings (SSSR count). The highest BCUT2D eigenvalue weighted by Gasteiger charge is 2.29. The summed E-state index contributed by atoms with van der Waals surface area (Å²) in [6.45, 7) is 0. The first-order chi connectivity index (χ1) is 13.2. The number of benzene rings is 1. The van der Waals surface area contributed by atoms with E-state index in [1.165, 1.54) is 0 Å². The Morgan fingerprint density at radius 1 is 1.00 bits per heavy atom. The first kappa shape index (κ1) is 17.8. The van der Waals surface area contributed by atoms with E-state index in [1.807, 2.05) is 47.0 Å². The topological polar surface area (TPSA) is 62.1 Å². The van der Waals surface area contributed by atoms with Crippen molar-refractivity contribution in [3.8, 4) is 17.6 Å². The monoisotopic (exact) mass is 384 g/mol. The molecular formula is C20H21ClN4O2. The molecule has 0 saturated heterocycles. The zero-order valence-electron chi connectivity index (χ0n) is 15.1. The van der Waals surface area contributed by atoms with Crippen molar-refractivity contribution in [1.29, 1.82) is 0 Å². The van der Waals surface area contributed by atoms with Gasteiger partial charge in [0.15, 0.2) is 0 Å². The van der Waals surface area contributed by atoms with Crippen LogP contribution in [0.25, 0.3) is 5.69 Å². The third kappa shape index (κ3) is 3.90. The number of hydrogen-bond acceptors (Lipinski definition) is 5. The average molecular weight is 385 g/mol. The fourth-order valence-electron chi connectivity index (χ4n) is 3.54. The molecule has 1 aliphatic rings. The Kier molecular flexibility index (Phi) is 5.25. The Balaban J connectivity index is 1.50. The van der Waals surface area contributed by atoms with E-state index in [0.29, 0.717) is 22.8 Å². The van der Waals surface area contributed by atoms with E-state index in [2.05, 4.69) is 15.2 Å². The lowest BCUT2D eigenvalue weighted by atomic mass is 9.86. The molecule has 6 nitrogen and oxygen atoms in total. The van der Waals surface area contributed by atoms with Crippen LogP contribution in [-0.2, 0) is 0 Å². The Bertz CT molecular complexity index is 875. The Morgan fingerprint density at radius 3 is 2.44 bits per heavy atom. The minimum atomic E-state index is 0.185. The van der Waals surface area contributed by atoms with Crippen LogP contribution in [0.15, 0.2) is 48.7 Å². The number of methoxy groups -OCH3 is 1. The molecular weight excluding hydrogens is 364 g/mol. The molecule has 0 radical (unpaired) electrons. The summed E-state index contributed by atoms with van der Waals surface area (Å²) in [5, 5.41) is 9.33. The van der Waals surface area contributed by atoms with E-state index < -0.39 is 0 Å². The van der Waals surface area contributed by atoms with Gasteiger partial charge in [-0.3, -0.25) is 0 Å². The van der Waals surface area contributed by atoms with Crippen molar-refractivity contribution in [3.63, 3.8) is 0 Å². The van der Waals surface area contributed by atoms with Crippen molar-refractivity contribution in [1.82, 2.24) is 19.7 Å². The zero-order chi connectivity index (χ0) is 18.6. The quantitative estimate of drug-likeness (QED) is 0.651. The largest absolute Gasteiger partial charge is 0.474 e. The molecule has 0 amide bonds. The highest BCUT2D eigenvalue weighted by Crippen LogP contribution is 2.36. The number of aromatic nitrogens is 4. The average Bonchev–Trinajstić information content (AvgIpc) is 3.14. The molecule has 27 heavy (non-hydrogen) atoms. The van der Waals surface area contributed by atoms with E-state index in [1.54, 1.807) is 13.3 Å². The molecule has 7 heteroatoms. The van der Waals surface area contributed by atoms with Crippen molar-refractivity contribution in [3.05, 3.63) is 59.5 Å². The molecule has 140 valence electrons. The van der Waals surface area contributed by atoms with Crippen LogP contribution in [0.1, 0.15) is 37.4 Å². The second-order valence-electron chi connectivity index (χ2n) is 6.62. The molecule has 1 saturated carbocycles. The van der Waals surface area contributed by atoms with Gasteiger partial charge in [-0.25, -0.2) is 9.55 Å². The Morgan fingerprint density at radius 2 is 1.78 bits per heavy atom. The predicted molar refractivity (Wildman–Crippen MR) is 103 cm³/mol. The maximum absolute atomic E-state index is 6.03. The molecule has 0 atom stereocenters. The molecule has 3 aromatic rings. The fourth-order valence-corrected chi connectivity index (χ4v) is 3.66. The molecule has 0 N–H and O–H groups in total. The molecule has 0 aliphatic heterocycles. The fraction of sp³-hybridized carbons (Fsp3) is 0.350. The summed E-state index contributed by atoms with van der Waals surface area (Å²) in [5.41, 5.74) is 0.947. The molecule has 0 spiro atoms. The second-order valence-corrected chi connectivity index (χ2v) is 7.05. The van der Waals surface area contributed by atoms with E-state index in [0.717, 1.165) is 37.2 Å². The minimum absolute atomic E-state index is 0.185. The smallest absolute Gasteiger partial charge is 0.321 e. The van der Waals surface area contributed by atoms with Crippen molar-refractivity contribution >= 4 is 11.6 Å². The molecule has 0 bridgehead atoms. The molecule has 0 unspecified atom stereocenters. The SMILES string of the molecule is COc1nnc([C@H]2CC[C@H](Oc3ccccn3)CC2)n1-c1ccc(Cl)cc1. The van der Waals surface area contributed by atoms with Crippen LogP contribution in [0.2, 0.25) is 5.02 Å². The number of ether oxygens (including phenoxy) is 2. The normalized spacial score (nSPS) is 19.6. The summed E-state index contributed by atoms with van der Waals surface area (Å²) >= 11 is 6.03. The lowest BCUT2D eigenvalue weighted by Crippen LogP contribution is -2.25. The van der Waals surface area contributed by atoms with Gasteiger partial charge in [0.25, 0.3) is 0 Å². The van der Waals surface area contributed by atoms with Gasteiger partial charge in [-0.05, 0) is 56.0 Å². The third-order valence-electron chi connectivity index (χ3n) is 4.89. The minimum Gasteiger partial charge on any atom is -0.474 e. The second kappa shape index (κ2) is 7.96. The summed E-state index contributed by atoms with van der Waals surface area (Å²) in [7, 11) is 1.61. The lowest BCUT2D eigenvalue weighted by Gasteiger charge is -2.28. The first-order valence-electron chi connectivity index (χ1n) is 9.07. The van der Waals surface area contributed by atoms with Gasteiger partial charge in [-0.15, -0.1) is 5.10 Å². The molecule has 2 aromatic heterocycles. The number of pyridine rings is 1. The zero-order valence-corrected chi connectivity index (χ0v) is 15.8. The van der Waals surface area contributed by atoms with Gasteiger partial charge in [0.2, 0.25) is 5.88 Å². The van der Waals surface area contributed by atoms with Crippen LogP contribution in [0.3, 0.4) is 0 Å².